The highest BCUT2D eigenvalue weighted by molar-refractivity contribution is 5.90. The highest BCUT2D eigenvalue weighted by Crippen LogP contribution is 2.48. The summed E-state index contributed by atoms with van der Waals surface area (Å²) in [5, 5.41) is 0. The molecule has 142 valence electrons. The van der Waals surface area contributed by atoms with E-state index in [9.17, 15) is 18.4 Å². The summed E-state index contributed by atoms with van der Waals surface area (Å²) in [5.41, 5.74) is -0.307. The number of hydrogen-bond acceptors (Lipinski definition) is 5. The molecule has 0 N–H and O–H groups in total. The zero-order valence-corrected chi connectivity index (χ0v) is 14.9. The lowest BCUT2D eigenvalue weighted by molar-refractivity contribution is -0.123. The SMILES string of the molecule is CC(C)(C)OC(=O)N1[C@@H]2C[C@@H]2C[C@H]1C(=O)Cc1cccc(OC(F)F)n1. The molecule has 0 aromatic carbocycles. The third-order valence-corrected chi connectivity index (χ3v) is 4.43. The topological polar surface area (TPSA) is 68.7 Å². The molecule has 0 spiro atoms. The van der Waals surface area contributed by atoms with Crippen molar-refractivity contribution in [3.63, 3.8) is 0 Å². The minimum absolute atomic E-state index is 0.0517. The van der Waals surface area contributed by atoms with E-state index in [1.54, 1.807) is 26.8 Å². The van der Waals surface area contributed by atoms with Crippen LogP contribution in [-0.2, 0) is 16.0 Å². The number of ketones is 1. The van der Waals surface area contributed by atoms with Crippen molar-refractivity contribution in [3.05, 3.63) is 23.9 Å². The Hall–Kier alpha value is -2.25. The van der Waals surface area contributed by atoms with Crippen LogP contribution in [0.5, 0.6) is 5.88 Å². The number of piperidine rings is 1. The van der Waals surface area contributed by atoms with E-state index in [1.807, 2.05) is 0 Å². The van der Waals surface area contributed by atoms with Gasteiger partial charge >= 0.3 is 12.7 Å². The van der Waals surface area contributed by atoms with Crippen LogP contribution in [0.1, 0.15) is 39.3 Å². The number of ether oxygens (including phenoxy) is 2. The van der Waals surface area contributed by atoms with Gasteiger partial charge in [0.25, 0.3) is 0 Å². The van der Waals surface area contributed by atoms with E-state index in [0.29, 0.717) is 18.0 Å². The van der Waals surface area contributed by atoms with Crippen molar-refractivity contribution in [2.45, 2.75) is 64.3 Å². The molecule has 3 atom stereocenters. The van der Waals surface area contributed by atoms with Crippen molar-refractivity contribution in [2.24, 2.45) is 5.92 Å². The molecule has 6 nitrogen and oxygen atoms in total. The number of likely N-dealkylation sites (tertiary alicyclic amines) is 1. The largest absolute Gasteiger partial charge is 0.444 e. The van der Waals surface area contributed by atoms with Gasteiger partial charge in [-0.1, -0.05) is 6.07 Å². The fraction of sp³-hybridized carbons (Fsp3) is 0.611. The minimum Gasteiger partial charge on any atom is -0.444 e. The number of fused-ring (bicyclic) bond motifs is 1. The highest BCUT2D eigenvalue weighted by Gasteiger charge is 2.56. The summed E-state index contributed by atoms with van der Waals surface area (Å²) in [5.74, 6) is -0.0775. The first-order chi connectivity index (χ1) is 12.1. The summed E-state index contributed by atoms with van der Waals surface area (Å²) in [7, 11) is 0. The van der Waals surface area contributed by atoms with Gasteiger partial charge in [0.15, 0.2) is 5.78 Å². The Bertz CT molecular complexity index is 705. The summed E-state index contributed by atoms with van der Waals surface area (Å²) in [6, 6.07) is 3.88. The van der Waals surface area contributed by atoms with Crippen LogP contribution in [0.4, 0.5) is 13.6 Å². The monoisotopic (exact) mass is 368 g/mol. The zero-order valence-electron chi connectivity index (χ0n) is 14.9. The Morgan fingerprint density at radius 2 is 2.04 bits per heavy atom. The van der Waals surface area contributed by atoms with Crippen LogP contribution in [0, 0.1) is 5.92 Å². The summed E-state index contributed by atoms with van der Waals surface area (Å²) >= 11 is 0. The van der Waals surface area contributed by atoms with E-state index >= 15 is 0 Å². The summed E-state index contributed by atoms with van der Waals surface area (Å²) < 4.78 is 34.3. The molecule has 0 unspecified atom stereocenters. The Morgan fingerprint density at radius 3 is 2.69 bits per heavy atom. The molecule has 1 aliphatic heterocycles. The Morgan fingerprint density at radius 1 is 1.31 bits per heavy atom. The van der Waals surface area contributed by atoms with Crippen molar-refractivity contribution in [3.8, 4) is 5.88 Å². The van der Waals surface area contributed by atoms with Gasteiger partial charge in [-0.15, -0.1) is 0 Å². The van der Waals surface area contributed by atoms with Gasteiger partial charge in [-0.05, 0) is 45.6 Å². The zero-order chi connectivity index (χ0) is 19.1. The standard InChI is InChI=1S/C18H22F2N2O4/c1-18(2,3)26-17(24)22-12-7-10(12)8-13(22)14(23)9-11-5-4-6-15(21-11)25-16(19)20/h4-6,10,12-13,16H,7-9H2,1-3H3/t10-,12-,13+/m1/s1. The number of carbonyl (C=O) groups is 2. The van der Waals surface area contributed by atoms with Crippen molar-refractivity contribution in [1.82, 2.24) is 9.88 Å². The number of hydrogen-bond donors (Lipinski definition) is 0. The second kappa shape index (κ2) is 6.81. The van der Waals surface area contributed by atoms with Gasteiger partial charge in [0.2, 0.25) is 5.88 Å². The van der Waals surface area contributed by atoms with Gasteiger partial charge in [-0.3, -0.25) is 9.69 Å². The molecule has 1 amide bonds. The van der Waals surface area contributed by atoms with Crippen LogP contribution in [0.25, 0.3) is 0 Å². The molecule has 2 fully saturated rings. The third-order valence-electron chi connectivity index (χ3n) is 4.43. The van der Waals surface area contributed by atoms with Gasteiger partial charge in [0, 0.05) is 12.1 Å². The number of alkyl halides is 2. The lowest BCUT2D eigenvalue weighted by atomic mass is 10.0. The summed E-state index contributed by atoms with van der Waals surface area (Å²) in [6.07, 6.45) is 0.960. The molecule has 8 heteroatoms. The molecule has 26 heavy (non-hydrogen) atoms. The number of halogens is 2. The maximum atomic E-state index is 12.7. The normalized spacial score (nSPS) is 24.4. The smallest absolute Gasteiger partial charge is 0.411 e. The maximum Gasteiger partial charge on any atom is 0.411 e. The fourth-order valence-electron chi connectivity index (χ4n) is 3.33. The van der Waals surface area contributed by atoms with Gasteiger partial charge in [-0.25, -0.2) is 9.78 Å². The Labute approximate surface area is 150 Å². The Balaban J connectivity index is 1.68. The van der Waals surface area contributed by atoms with E-state index in [2.05, 4.69) is 9.72 Å². The molecular formula is C18H22F2N2O4. The van der Waals surface area contributed by atoms with Crippen LogP contribution < -0.4 is 4.74 Å². The van der Waals surface area contributed by atoms with Gasteiger partial charge in [-0.2, -0.15) is 8.78 Å². The molecule has 1 aromatic rings. The van der Waals surface area contributed by atoms with E-state index in [0.717, 1.165) is 6.42 Å². The number of pyridine rings is 1. The number of rotatable bonds is 5. The first-order valence-corrected chi connectivity index (χ1v) is 8.59. The average Bonchev–Trinajstić information content (AvgIpc) is 3.14. The van der Waals surface area contributed by atoms with E-state index < -0.39 is 24.3 Å². The second-order valence-corrected chi connectivity index (χ2v) is 7.69. The van der Waals surface area contributed by atoms with Gasteiger partial charge in [0.1, 0.15) is 5.60 Å². The van der Waals surface area contributed by atoms with Crippen molar-refractivity contribution in [1.29, 1.82) is 0 Å². The van der Waals surface area contributed by atoms with E-state index in [4.69, 9.17) is 4.74 Å². The molecule has 1 aliphatic carbocycles. The van der Waals surface area contributed by atoms with Crippen LogP contribution in [0.2, 0.25) is 0 Å². The molecular weight excluding hydrogens is 346 g/mol. The number of aromatic nitrogens is 1. The number of nitrogens with zero attached hydrogens (tertiary/aromatic N) is 2. The predicted molar refractivity (Wildman–Crippen MR) is 88.0 cm³/mol. The van der Waals surface area contributed by atoms with Crippen LogP contribution in [-0.4, -0.2) is 46.1 Å². The molecule has 2 aliphatic rings. The summed E-state index contributed by atoms with van der Waals surface area (Å²) in [6.45, 7) is 2.36. The molecule has 1 aromatic heterocycles. The quantitative estimate of drug-likeness (QED) is 0.798. The lowest BCUT2D eigenvalue weighted by Gasteiger charge is -2.29. The van der Waals surface area contributed by atoms with Crippen LogP contribution in [0.3, 0.4) is 0 Å². The van der Waals surface area contributed by atoms with Crippen LogP contribution >= 0.6 is 0 Å². The van der Waals surface area contributed by atoms with Crippen molar-refractivity contribution < 1.29 is 27.8 Å². The molecule has 2 heterocycles. The minimum atomic E-state index is -2.97. The van der Waals surface area contributed by atoms with Crippen molar-refractivity contribution >= 4 is 11.9 Å². The number of amides is 1. The first kappa shape index (κ1) is 18.5. The summed E-state index contributed by atoms with van der Waals surface area (Å²) in [4.78, 5) is 30.7. The second-order valence-electron chi connectivity index (χ2n) is 7.69. The molecule has 3 rings (SSSR count). The first-order valence-electron chi connectivity index (χ1n) is 8.59. The van der Waals surface area contributed by atoms with Crippen LogP contribution in [0.15, 0.2) is 18.2 Å². The molecule has 1 saturated carbocycles. The average molecular weight is 368 g/mol. The highest BCUT2D eigenvalue weighted by atomic mass is 19.3. The predicted octanol–water partition coefficient (Wildman–Crippen LogP) is 3.19. The third kappa shape index (κ3) is 4.28. The van der Waals surface area contributed by atoms with Gasteiger partial charge in [0.05, 0.1) is 18.2 Å². The van der Waals surface area contributed by atoms with E-state index in [1.165, 1.54) is 17.0 Å². The molecule has 0 bridgehead atoms. The maximum absolute atomic E-state index is 12.7. The lowest BCUT2D eigenvalue weighted by Crippen LogP contribution is -2.46. The fourth-order valence-corrected chi connectivity index (χ4v) is 3.33. The Kier molecular flexibility index (Phi) is 4.86. The number of Topliss-reactive ketones (excluding diaryl/α,β-unsaturated/α-hetero) is 1. The number of carbonyl (C=O) groups excluding carboxylic acids is 2. The van der Waals surface area contributed by atoms with Crippen molar-refractivity contribution in [2.75, 3.05) is 0 Å². The molecule has 0 radical (unpaired) electrons. The molecule has 1 saturated heterocycles. The van der Waals surface area contributed by atoms with Gasteiger partial charge < -0.3 is 9.47 Å². The van der Waals surface area contributed by atoms with E-state index in [-0.39, 0.29) is 24.1 Å².